The highest BCUT2D eigenvalue weighted by Gasteiger charge is 2.17. The number of carbonyl (C=O) groups excluding carboxylic acids is 1. The maximum Gasteiger partial charge on any atom is 0.271 e. The van der Waals surface area contributed by atoms with Crippen molar-refractivity contribution in [3.8, 4) is 0 Å². The van der Waals surface area contributed by atoms with E-state index in [1.807, 2.05) is 37.3 Å². The lowest BCUT2D eigenvalue weighted by atomic mass is 10.2. The SMILES string of the molecule is C[C@@H](NC(=O)c1csc(Cc2ccccc2)n1)c1nnc(N)s1. The Morgan fingerprint density at radius 3 is 2.78 bits per heavy atom. The first-order valence-electron chi connectivity index (χ1n) is 7.00. The van der Waals surface area contributed by atoms with E-state index in [1.165, 1.54) is 28.2 Å². The minimum Gasteiger partial charge on any atom is -0.374 e. The fraction of sp³-hybridized carbons (Fsp3) is 0.200. The van der Waals surface area contributed by atoms with E-state index in [0.29, 0.717) is 15.8 Å². The molecule has 6 nitrogen and oxygen atoms in total. The number of benzene rings is 1. The molecule has 3 rings (SSSR count). The standard InChI is InChI=1S/C15H15N5OS2/c1-9(14-19-20-15(16)23-14)17-13(21)11-8-22-12(18-11)7-10-5-3-2-4-6-10/h2-6,8-9H,7H2,1H3,(H2,16,20)(H,17,21)/t9-/m1/s1. The molecule has 118 valence electrons. The zero-order valence-electron chi connectivity index (χ0n) is 12.4. The van der Waals surface area contributed by atoms with E-state index in [1.54, 1.807) is 5.38 Å². The Morgan fingerprint density at radius 1 is 1.30 bits per heavy atom. The van der Waals surface area contributed by atoms with Gasteiger partial charge in [-0.1, -0.05) is 41.7 Å². The monoisotopic (exact) mass is 345 g/mol. The maximum absolute atomic E-state index is 12.3. The summed E-state index contributed by atoms with van der Waals surface area (Å²) < 4.78 is 0. The van der Waals surface area contributed by atoms with Crippen LogP contribution in [0.25, 0.3) is 0 Å². The Kier molecular flexibility index (Phi) is 4.63. The molecule has 3 aromatic rings. The van der Waals surface area contributed by atoms with Crippen LogP contribution in [0.4, 0.5) is 5.13 Å². The molecule has 1 aromatic carbocycles. The molecule has 2 heterocycles. The molecule has 23 heavy (non-hydrogen) atoms. The Bertz CT molecular complexity index is 799. The van der Waals surface area contributed by atoms with Gasteiger partial charge in [0.15, 0.2) is 0 Å². The molecule has 0 saturated heterocycles. The van der Waals surface area contributed by atoms with Crippen LogP contribution in [0, 0.1) is 0 Å². The van der Waals surface area contributed by atoms with Crippen LogP contribution >= 0.6 is 22.7 Å². The third-order valence-corrected chi connectivity index (χ3v) is 4.94. The summed E-state index contributed by atoms with van der Waals surface area (Å²) in [6, 6.07) is 9.80. The summed E-state index contributed by atoms with van der Waals surface area (Å²) in [5.74, 6) is -0.221. The summed E-state index contributed by atoms with van der Waals surface area (Å²) in [5.41, 5.74) is 7.15. The number of aromatic nitrogens is 3. The van der Waals surface area contributed by atoms with Crippen molar-refractivity contribution in [2.24, 2.45) is 0 Å². The van der Waals surface area contributed by atoms with Gasteiger partial charge >= 0.3 is 0 Å². The number of hydrogen-bond donors (Lipinski definition) is 2. The van der Waals surface area contributed by atoms with Gasteiger partial charge in [-0.2, -0.15) is 0 Å². The Hall–Kier alpha value is -2.32. The van der Waals surface area contributed by atoms with Gasteiger partial charge in [-0.05, 0) is 12.5 Å². The highest BCUT2D eigenvalue weighted by Crippen LogP contribution is 2.20. The van der Waals surface area contributed by atoms with Gasteiger partial charge in [0.2, 0.25) is 5.13 Å². The number of anilines is 1. The number of nitrogens with two attached hydrogens (primary N) is 1. The summed E-state index contributed by atoms with van der Waals surface area (Å²) in [4.78, 5) is 16.7. The van der Waals surface area contributed by atoms with E-state index in [9.17, 15) is 4.79 Å². The van der Waals surface area contributed by atoms with E-state index >= 15 is 0 Å². The molecule has 0 bridgehead atoms. The van der Waals surface area contributed by atoms with Crippen LogP contribution in [0.2, 0.25) is 0 Å². The molecular weight excluding hydrogens is 330 g/mol. The number of nitrogen functional groups attached to an aromatic ring is 1. The largest absolute Gasteiger partial charge is 0.374 e. The molecule has 1 amide bonds. The minimum atomic E-state index is -0.253. The van der Waals surface area contributed by atoms with Crippen LogP contribution < -0.4 is 11.1 Å². The fourth-order valence-electron chi connectivity index (χ4n) is 2.02. The second-order valence-electron chi connectivity index (χ2n) is 4.96. The number of carbonyl (C=O) groups is 1. The van der Waals surface area contributed by atoms with Gasteiger partial charge in [0.05, 0.1) is 11.0 Å². The van der Waals surface area contributed by atoms with E-state index in [2.05, 4.69) is 20.5 Å². The molecule has 0 unspecified atom stereocenters. The van der Waals surface area contributed by atoms with Gasteiger partial charge in [0.1, 0.15) is 10.7 Å². The zero-order chi connectivity index (χ0) is 16.2. The van der Waals surface area contributed by atoms with E-state index in [0.717, 1.165) is 11.4 Å². The topological polar surface area (TPSA) is 93.8 Å². The Labute approximate surface area is 141 Å². The van der Waals surface area contributed by atoms with Gasteiger partial charge in [-0.3, -0.25) is 4.79 Å². The Morgan fingerprint density at radius 2 is 2.09 bits per heavy atom. The molecule has 0 aliphatic carbocycles. The molecule has 0 radical (unpaired) electrons. The van der Waals surface area contributed by atoms with Crippen LogP contribution in [-0.4, -0.2) is 21.1 Å². The lowest BCUT2D eigenvalue weighted by Gasteiger charge is -2.08. The van der Waals surface area contributed by atoms with E-state index in [4.69, 9.17) is 5.73 Å². The number of hydrogen-bond acceptors (Lipinski definition) is 7. The van der Waals surface area contributed by atoms with Gasteiger partial charge in [-0.15, -0.1) is 21.5 Å². The van der Waals surface area contributed by atoms with Crippen LogP contribution in [0.1, 0.15) is 39.0 Å². The summed E-state index contributed by atoms with van der Waals surface area (Å²) in [6.45, 7) is 1.84. The molecule has 0 fully saturated rings. The fourth-order valence-corrected chi connectivity index (χ4v) is 3.44. The van der Waals surface area contributed by atoms with Crippen molar-refractivity contribution in [3.63, 3.8) is 0 Å². The van der Waals surface area contributed by atoms with E-state index in [-0.39, 0.29) is 11.9 Å². The predicted molar refractivity (Wildman–Crippen MR) is 91.6 cm³/mol. The van der Waals surface area contributed by atoms with Gasteiger partial charge < -0.3 is 11.1 Å². The number of amides is 1. The molecule has 0 aliphatic heterocycles. The summed E-state index contributed by atoms with van der Waals surface area (Å²) >= 11 is 2.75. The molecular formula is C15H15N5OS2. The van der Waals surface area contributed by atoms with Crippen LogP contribution in [0.5, 0.6) is 0 Å². The number of thiazole rings is 1. The van der Waals surface area contributed by atoms with Crippen molar-refractivity contribution < 1.29 is 4.79 Å². The minimum absolute atomic E-state index is 0.221. The molecule has 1 atom stereocenters. The lowest BCUT2D eigenvalue weighted by molar-refractivity contribution is 0.0935. The van der Waals surface area contributed by atoms with E-state index < -0.39 is 0 Å². The second kappa shape index (κ2) is 6.84. The molecule has 0 saturated carbocycles. The molecule has 3 N–H and O–H groups in total. The zero-order valence-corrected chi connectivity index (χ0v) is 14.0. The highest BCUT2D eigenvalue weighted by atomic mass is 32.1. The van der Waals surface area contributed by atoms with Crippen molar-refractivity contribution in [1.29, 1.82) is 0 Å². The van der Waals surface area contributed by atoms with Crippen LogP contribution in [-0.2, 0) is 6.42 Å². The molecule has 0 aliphatic rings. The first kappa shape index (κ1) is 15.6. The second-order valence-corrected chi connectivity index (χ2v) is 6.95. The summed E-state index contributed by atoms with van der Waals surface area (Å²) in [6.07, 6.45) is 0.723. The third-order valence-electron chi connectivity index (χ3n) is 3.16. The smallest absolute Gasteiger partial charge is 0.271 e. The predicted octanol–water partition coefficient (Wildman–Crippen LogP) is 2.66. The normalized spacial score (nSPS) is 12.0. The van der Waals surface area contributed by atoms with Gasteiger partial charge in [0, 0.05) is 11.8 Å². The van der Waals surface area contributed by atoms with Crippen LogP contribution in [0.15, 0.2) is 35.7 Å². The van der Waals surface area contributed by atoms with Crippen molar-refractivity contribution in [1.82, 2.24) is 20.5 Å². The lowest BCUT2D eigenvalue weighted by Crippen LogP contribution is -2.26. The number of nitrogens with one attached hydrogen (secondary N) is 1. The van der Waals surface area contributed by atoms with Gasteiger partial charge in [-0.25, -0.2) is 4.98 Å². The number of nitrogens with zero attached hydrogens (tertiary/aromatic N) is 3. The van der Waals surface area contributed by atoms with Crippen molar-refractivity contribution in [2.45, 2.75) is 19.4 Å². The third kappa shape index (κ3) is 3.91. The summed E-state index contributed by atoms with van der Waals surface area (Å²) in [7, 11) is 0. The highest BCUT2D eigenvalue weighted by molar-refractivity contribution is 7.15. The van der Waals surface area contributed by atoms with Crippen molar-refractivity contribution in [2.75, 3.05) is 5.73 Å². The summed E-state index contributed by atoms with van der Waals surface area (Å²) in [5, 5.41) is 14.3. The Balaban J connectivity index is 1.64. The first-order chi connectivity index (χ1) is 11.1. The average molecular weight is 345 g/mol. The van der Waals surface area contributed by atoms with Crippen molar-refractivity contribution >= 4 is 33.7 Å². The van der Waals surface area contributed by atoms with Crippen molar-refractivity contribution in [3.05, 3.63) is 57.0 Å². The first-order valence-corrected chi connectivity index (χ1v) is 8.69. The van der Waals surface area contributed by atoms with Gasteiger partial charge in [0.25, 0.3) is 5.91 Å². The number of rotatable bonds is 5. The maximum atomic E-state index is 12.3. The molecule has 0 spiro atoms. The molecule has 2 aromatic heterocycles. The quantitative estimate of drug-likeness (QED) is 0.741. The molecule has 8 heteroatoms. The van der Waals surface area contributed by atoms with Crippen LogP contribution in [0.3, 0.4) is 0 Å². The average Bonchev–Trinajstić information content (AvgIpc) is 3.17.